The molecule has 4 aromatic rings. The Labute approximate surface area is 151 Å². The Hall–Kier alpha value is -3.15. The fourth-order valence-corrected chi connectivity index (χ4v) is 2.81. The second-order valence-electron chi connectivity index (χ2n) is 6.28. The van der Waals surface area contributed by atoms with Gasteiger partial charge in [0.25, 0.3) is 0 Å². The van der Waals surface area contributed by atoms with Gasteiger partial charge in [-0.2, -0.15) is 0 Å². The molecule has 0 amide bonds. The second kappa shape index (κ2) is 6.63. The summed E-state index contributed by atoms with van der Waals surface area (Å²) in [4.78, 5) is 9.21. The summed E-state index contributed by atoms with van der Waals surface area (Å²) in [5.41, 5.74) is 4.18. The Balaban J connectivity index is 1.74. The van der Waals surface area contributed by atoms with Crippen molar-refractivity contribution in [2.45, 2.75) is 33.7 Å². The predicted molar refractivity (Wildman–Crippen MR) is 99.9 cm³/mol. The van der Waals surface area contributed by atoms with Gasteiger partial charge >= 0.3 is 0 Å². The van der Waals surface area contributed by atoms with Crippen LogP contribution in [0.1, 0.15) is 29.8 Å². The van der Waals surface area contributed by atoms with E-state index in [1.165, 1.54) is 5.56 Å². The zero-order valence-corrected chi connectivity index (χ0v) is 15.0. The van der Waals surface area contributed by atoms with Gasteiger partial charge in [0.1, 0.15) is 28.6 Å². The first-order valence-corrected chi connectivity index (χ1v) is 8.66. The van der Waals surface area contributed by atoms with Gasteiger partial charge in [-0.3, -0.25) is 0 Å². The summed E-state index contributed by atoms with van der Waals surface area (Å²) < 4.78 is 11.2. The number of aryl methyl sites for hydroxylation is 3. The van der Waals surface area contributed by atoms with E-state index >= 15 is 0 Å². The SMILES string of the molecule is CCc1nc(NCc2ccc(C)o2)c2onc(-c3ccc(C)cc3)c2n1. The molecule has 1 N–H and O–H groups in total. The molecule has 3 aromatic heterocycles. The van der Waals surface area contributed by atoms with E-state index in [0.717, 1.165) is 40.5 Å². The zero-order valence-electron chi connectivity index (χ0n) is 15.0. The van der Waals surface area contributed by atoms with E-state index in [1.807, 2.05) is 38.1 Å². The number of anilines is 1. The van der Waals surface area contributed by atoms with Gasteiger partial charge in [-0.15, -0.1) is 0 Å². The molecule has 132 valence electrons. The molecule has 6 nitrogen and oxygen atoms in total. The monoisotopic (exact) mass is 348 g/mol. The predicted octanol–water partition coefficient (Wildman–Crippen LogP) is 4.67. The van der Waals surface area contributed by atoms with Gasteiger partial charge in [0.2, 0.25) is 5.58 Å². The van der Waals surface area contributed by atoms with Gasteiger partial charge in [-0.1, -0.05) is 41.9 Å². The second-order valence-corrected chi connectivity index (χ2v) is 6.28. The minimum Gasteiger partial charge on any atom is -0.465 e. The summed E-state index contributed by atoms with van der Waals surface area (Å²) in [5.74, 6) is 3.09. The summed E-state index contributed by atoms with van der Waals surface area (Å²) >= 11 is 0. The van der Waals surface area contributed by atoms with E-state index in [-0.39, 0.29) is 0 Å². The average Bonchev–Trinajstić information content (AvgIpc) is 3.26. The zero-order chi connectivity index (χ0) is 18.1. The van der Waals surface area contributed by atoms with Crippen LogP contribution in [0.2, 0.25) is 0 Å². The average molecular weight is 348 g/mol. The van der Waals surface area contributed by atoms with E-state index < -0.39 is 0 Å². The van der Waals surface area contributed by atoms with Crippen molar-refractivity contribution in [3.8, 4) is 11.3 Å². The van der Waals surface area contributed by atoms with Gasteiger partial charge < -0.3 is 14.3 Å². The lowest BCUT2D eigenvalue weighted by molar-refractivity contribution is 0.458. The largest absolute Gasteiger partial charge is 0.465 e. The smallest absolute Gasteiger partial charge is 0.228 e. The third-order valence-corrected chi connectivity index (χ3v) is 4.23. The quantitative estimate of drug-likeness (QED) is 0.565. The number of benzene rings is 1. The minimum atomic E-state index is 0.518. The standard InChI is InChI=1S/C20H20N4O2/c1-4-16-22-18-17(14-8-5-12(2)6-9-14)24-26-19(18)20(23-16)21-11-15-10-7-13(3)25-15/h5-10H,4,11H2,1-3H3,(H,21,22,23). The molecule has 0 saturated carbocycles. The lowest BCUT2D eigenvalue weighted by Gasteiger charge is -2.06. The fourth-order valence-electron chi connectivity index (χ4n) is 2.81. The molecule has 0 saturated heterocycles. The first kappa shape index (κ1) is 16.3. The number of furan rings is 1. The number of nitrogens with zero attached hydrogens (tertiary/aromatic N) is 3. The topological polar surface area (TPSA) is 77.0 Å². The van der Waals surface area contributed by atoms with Gasteiger partial charge in [-0.05, 0) is 26.0 Å². The van der Waals surface area contributed by atoms with Gasteiger partial charge in [-0.25, -0.2) is 9.97 Å². The molecule has 1 aromatic carbocycles. The summed E-state index contributed by atoms with van der Waals surface area (Å²) in [6, 6.07) is 12.0. The Morgan fingerprint density at radius 3 is 2.50 bits per heavy atom. The molecular formula is C20H20N4O2. The van der Waals surface area contributed by atoms with Crippen LogP contribution in [-0.2, 0) is 13.0 Å². The molecule has 0 aliphatic carbocycles. The fraction of sp³-hybridized carbons (Fsp3) is 0.250. The first-order chi connectivity index (χ1) is 12.6. The Morgan fingerprint density at radius 2 is 1.81 bits per heavy atom. The lowest BCUT2D eigenvalue weighted by Crippen LogP contribution is -2.04. The molecule has 0 fully saturated rings. The third kappa shape index (κ3) is 3.06. The molecule has 0 radical (unpaired) electrons. The van der Waals surface area contributed by atoms with Crippen molar-refractivity contribution < 1.29 is 8.94 Å². The Morgan fingerprint density at radius 1 is 1.00 bits per heavy atom. The molecule has 0 spiro atoms. The Bertz CT molecular complexity index is 1050. The Kier molecular flexibility index (Phi) is 4.16. The van der Waals surface area contributed by atoms with Crippen molar-refractivity contribution in [3.05, 3.63) is 59.3 Å². The van der Waals surface area contributed by atoms with Crippen LogP contribution in [0.5, 0.6) is 0 Å². The van der Waals surface area contributed by atoms with Gasteiger partial charge in [0.15, 0.2) is 5.82 Å². The maximum absolute atomic E-state index is 5.61. The molecule has 0 aliphatic rings. The molecule has 0 aliphatic heterocycles. The molecule has 26 heavy (non-hydrogen) atoms. The van der Waals surface area contributed by atoms with Crippen LogP contribution in [0.4, 0.5) is 5.82 Å². The number of hydrogen-bond acceptors (Lipinski definition) is 6. The van der Waals surface area contributed by atoms with E-state index in [0.29, 0.717) is 17.9 Å². The van der Waals surface area contributed by atoms with E-state index in [2.05, 4.69) is 39.5 Å². The highest BCUT2D eigenvalue weighted by Crippen LogP contribution is 2.30. The van der Waals surface area contributed by atoms with Crippen LogP contribution in [0.25, 0.3) is 22.4 Å². The van der Waals surface area contributed by atoms with Crippen LogP contribution >= 0.6 is 0 Å². The van der Waals surface area contributed by atoms with Crippen LogP contribution in [0.15, 0.2) is 45.3 Å². The molecule has 3 heterocycles. The maximum Gasteiger partial charge on any atom is 0.228 e. The number of aromatic nitrogens is 3. The highest BCUT2D eigenvalue weighted by molar-refractivity contribution is 5.93. The molecule has 6 heteroatoms. The van der Waals surface area contributed by atoms with E-state index in [1.54, 1.807) is 0 Å². The van der Waals surface area contributed by atoms with Gasteiger partial charge in [0.05, 0.1) is 6.54 Å². The molecule has 0 bridgehead atoms. The van der Waals surface area contributed by atoms with Crippen LogP contribution in [0.3, 0.4) is 0 Å². The van der Waals surface area contributed by atoms with Crippen molar-refractivity contribution in [1.29, 1.82) is 0 Å². The number of nitrogens with one attached hydrogen (secondary N) is 1. The first-order valence-electron chi connectivity index (χ1n) is 8.66. The van der Waals surface area contributed by atoms with Crippen molar-refractivity contribution in [3.63, 3.8) is 0 Å². The molecule has 0 atom stereocenters. The summed E-state index contributed by atoms with van der Waals surface area (Å²) in [7, 11) is 0. The van der Waals surface area contributed by atoms with Crippen LogP contribution < -0.4 is 5.32 Å². The molecule has 0 unspecified atom stereocenters. The van der Waals surface area contributed by atoms with E-state index in [4.69, 9.17) is 8.94 Å². The number of hydrogen-bond donors (Lipinski definition) is 1. The highest BCUT2D eigenvalue weighted by atomic mass is 16.5. The lowest BCUT2D eigenvalue weighted by atomic mass is 10.1. The number of fused-ring (bicyclic) bond motifs is 1. The summed E-state index contributed by atoms with van der Waals surface area (Å²) in [5, 5.41) is 7.54. The summed E-state index contributed by atoms with van der Waals surface area (Å²) in [6.45, 7) is 6.52. The normalized spacial score (nSPS) is 11.2. The minimum absolute atomic E-state index is 0.518. The van der Waals surface area contributed by atoms with Crippen LogP contribution in [0, 0.1) is 13.8 Å². The summed E-state index contributed by atoms with van der Waals surface area (Å²) in [6.07, 6.45) is 0.725. The van der Waals surface area contributed by atoms with Crippen LogP contribution in [-0.4, -0.2) is 15.1 Å². The molecule has 4 rings (SSSR count). The maximum atomic E-state index is 5.61. The van der Waals surface area contributed by atoms with Gasteiger partial charge in [0, 0.05) is 12.0 Å². The molecular weight excluding hydrogens is 328 g/mol. The van der Waals surface area contributed by atoms with Crippen molar-refractivity contribution >= 4 is 16.9 Å². The van der Waals surface area contributed by atoms with Crippen molar-refractivity contribution in [2.24, 2.45) is 0 Å². The van der Waals surface area contributed by atoms with Crippen molar-refractivity contribution in [1.82, 2.24) is 15.1 Å². The van der Waals surface area contributed by atoms with E-state index in [9.17, 15) is 0 Å². The third-order valence-electron chi connectivity index (χ3n) is 4.23. The number of rotatable bonds is 5. The van der Waals surface area contributed by atoms with Crippen molar-refractivity contribution in [2.75, 3.05) is 5.32 Å². The highest BCUT2D eigenvalue weighted by Gasteiger charge is 2.18.